The smallest absolute Gasteiger partial charge is 0.339 e. The van der Waals surface area contributed by atoms with Gasteiger partial charge in [0, 0.05) is 11.5 Å². The lowest BCUT2D eigenvalue weighted by atomic mass is 10.1. The number of hydrogen-bond donors (Lipinski definition) is 3. The summed E-state index contributed by atoms with van der Waals surface area (Å²) in [6.45, 7) is 1.72. The Morgan fingerprint density at radius 3 is 2.48 bits per heavy atom. The van der Waals surface area contributed by atoms with Gasteiger partial charge in [0.2, 0.25) is 0 Å². The average molecular weight is 340 g/mol. The Kier molecular flexibility index (Phi) is 3.94. The average Bonchev–Trinajstić information content (AvgIpc) is 2.54. The summed E-state index contributed by atoms with van der Waals surface area (Å²) in [5.74, 6) is -1.97. The summed E-state index contributed by atoms with van der Waals surface area (Å²) in [6.07, 6.45) is 0. The number of nitrogens with zero attached hydrogens (tertiary/aromatic N) is 2. The minimum absolute atomic E-state index is 0.0525. The Morgan fingerprint density at radius 2 is 1.76 bits per heavy atom. The molecule has 0 aliphatic heterocycles. The molecule has 0 bridgehead atoms. The van der Waals surface area contributed by atoms with E-state index in [0.29, 0.717) is 10.9 Å². The molecule has 8 heteroatoms. The molecule has 8 nitrogen and oxygen atoms in total. The summed E-state index contributed by atoms with van der Waals surface area (Å²) in [5.41, 5.74) is -0.109. The van der Waals surface area contributed by atoms with Crippen LogP contribution >= 0.6 is 0 Å². The summed E-state index contributed by atoms with van der Waals surface area (Å²) in [5, 5.41) is 36.8. The quantitative estimate of drug-likeness (QED) is 0.492. The minimum Gasteiger partial charge on any atom is -0.507 e. The molecule has 0 radical (unpaired) electrons. The fourth-order valence-corrected chi connectivity index (χ4v) is 2.32. The molecule has 0 saturated heterocycles. The zero-order valence-electron chi connectivity index (χ0n) is 12.9. The second kappa shape index (κ2) is 6.08. The van der Waals surface area contributed by atoms with Gasteiger partial charge < -0.3 is 19.7 Å². The minimum atomic E-state index is -1.32. The van der Waals surface area contributed by atoms with Crippen molar-refractivity contribution in [1.29, 1.82) is 0 Å². The summed E-state index contributed by atoms with van der Waals surface area (Å²) in [4.78, 5) is 22.6. The number of azo groups is 1. The van der Waals surface area contributed by atoms with Crippen LogP contribution in [0.25, 0.3) is 11.0 Å². The number of fused-ring (bicyclic) bond motifs is 1. The maximum absolute atomic E-state index is 11.6. The monoisotopic (exact) mass is 340 g/mol. The van der Waals surface area contributed by atoms with Crippen LogP contribution in [0.3, 0.4) is 0 Å². The van der Waals surface area contributed by atoms with Gasteiger partial charge in [-0.3, -0.25) is 0 Å². The number of carboxylic acids is 1. The van der Waals surface area contributed by atoms with Crippen molar-refractivity contribution >= 4 is 28.3 Å². The number of carboxylic acid groups (broad SMARTS) is 1. The van der Waals surface area contributed by atoms with Crippen molar-refractivity contribution in [2.75, 3.05) is 0 Å². The molecule has 0 fully saturated rings. The Morgan fingerprint density at radius 1 is 1.04 bits per heavy atom. The number of hydrogen-bond acceptors (Lipinski definition) is 7. The third kappa shape index (κ3) is 3.05. The molecule has 0 amide bonds. The third-order valence-electron chi connectivity index (χ3n) is 3.55. The van der Waals surface area contributed by atoms with Crippen molar-refractivity contribution < 1.29 is 24.5 Å². The van der Waals surface area contributed by atoms with Crippen LogP contribution < -0.4 is 5.63 Å². The highest BCUT2D eigenvalue weighted by Crippen LogP contribution is 2.36. The molecule has 126 valence electrons. The lowest BCUT2D eigenvalue weighted by Gasteiger charge is -2.05. The lowest BCUT2D eigenvalue weighted by Crippen LogP contribution is -1.97. The van der Waals surface area contributed by atoms with Crippen LogP contribution in [0.1, 0.15) is 15.9 Å². The van der Waals surface area contributed by atoms with Crippen LogP contribution in [0.5, 0.6) is 11.5 Å². The van der Waals surface area contributed by atoms with E-state index >= 15 is 0 Å². The Hall–Kier alpha value is -3.68. The summed E-state index contributed by atoms with van der Waals surface area (Å²) >= 11 is 0. The van der Waals surface area contributed by atoms with E-state index in [1.165, 1.54) is 24.3 Å². The van der Waals surface area contributed by atoms with Crippen LogP contribution in [0, 0.1) is 6.92 Å². The van der Waals surface area contributed by atoms with Crippen molar-refractivity contribution in [3.8, 4) is 11.5 Å². The molecule has 0 atom stereocenters. The SMILES string of the molecule is Cc1cc(=O)oc2c(N=Nc3ccc(O)c(C(=O)O)c3)c(O)ccc12. The maximum atomic E-state index is 11.6. The summed E-state index contributed by atoms with van der Waals surface area (Å²) in [6, 6.07) is 7.96. The molecule has 25 heavy (non-hydrogen) atoms. The van der Waals surface area contributed by atoms with Crippen LogP contribution in [0.2, 0.25) is 0 Å². The first-order valence-corrected chi connectivity index (χ1v) is 7.11. The molecule has 1 heterocycles. The zero-order valence-corrected chi connectivity index (χ0v) is 12.9. The van der Waals surface area contributed by atoms with Gasteiger partial charge in [0.15, 0.2) is 11.3 Å². The molecule has 3 aromatic rings. The van der Waals surface area contributed by atoms with Gasteiger partial charge in [0.1, 0.15) is 17.1 Å². The number of phenolic OH excluding ortho intramolecular Hbond substituents is 1. The van der Waals surface area contributed by atoms with Gasteiger partial charge in [-0.1, -0.05) is 0 Å². The Labute approximate surface area is 140 Å². The molecule has 0 unspecified atom stereocenters. The van der Waals surface area contributed by atoms with Crippen molar-refractivity contribution in [3.63, 3.8) is 0 Å². The van der Waals surface area contributed by atoms with E-state index in [0.717, 1.165) is 6.07 Å². The third-order valence-corrected chi connectivity index (χ3v) is 3.55. The molecule has 3 rings (SSSR count). The highest BCUT2D eigenvalue weighted by atomic mass is 16.4. The van der Waals surface area contributed by atoms with Crippen LogP contribution in [0.15, 0.2) is 55.8 Å². The molecule has 0 aliphatic rings. The topological polar surface area (TPSA) is 133 Å². The van der Waals surface area contributed by atoms with Gasteiger partial charge in [-0.2, -0.15) is 5.11 Å². The molecular weight excluding hydrogens is 328 g/mol. The molecule has 0 aliphatic carbocycles. The van der Waals surface area contributed by atoms with E-state index in [1.54, 1.807) is 13.0 Å². The Bertz CT molecular complexity index is 1080. The largest absolute Gasteiger partial charge is 0.507 e. The van der Waals surface area contributed by atoms with E-state index in [2.05, 4.69) is 10.2 Å². The van der Waals surface area contributed by atoms with Crippen molar-refractivity contribution in [2.24, 2.45) is 10.2 Å². The van der Waals surface area contributed by atoms with Gasteiger partial charge in [-0.25, -0.2) is 9.59 Å². The first kappa shape index (κ1) is 16.2. The number of carbonyl (C=O) groups is 1. The lowest BCUT2D eigenvalue weighted by molar-refractivity contribution is 0.0693. The van der Waals surface area contributed by atoms with E-state index in [1.807, 2.05) is 0 Å². The van der Waals surface area contributed by atoms with Gasteiger partial charge in [0.25, 0.3) is 0 Å². The highest BCUT2D eigenvalue weighted by Gasteiger charge is 2.13. The van der Waals surface area contributed by atoms with Gasteiger partial charge in [-0.15, -0.1) is 5.11 Å². The second-order valence-electron chi connectivity index (χ2n) is 5.27. The van der Waals surface area contributed by atoms with E-state index in [4.69, 9.17) is 9.52 Å². The number of benzene rings is 2. The predicted molar refractivity (Wildman–Crippen MR) is 88.1 cm³/mol. The highest BCUT2D eigenvalue weighted by molar-refractivity contribution is 5.93. The number of aromatic carboxylic acids is 1. The standard InChI is InChI=1S/C17H12N2O6/c1-8-6-14(22)25-16-10(8)3-5-13(21)15(16)19-18-9-2-4-12(20)11(7-9)17(23)24/h2-7,20-21H,1H3,(H,23,24). The van der Waals surface area contributed by atoms with E-state index in [-0.39, 0.29) is 28.3 Å². The normalized spacial score (nSPS) is 11.2. The second-order valence-corrected chi connectivity index (χ2v) is 5.27. The number of phenols is 2. The van der Waals surface area contributed by atoms with Crippen molar-refractivity contribution in [1.82, 2.24) is 0 Å². The molecule has 2 aromatic carbocycles. The zero-order chi connectivity index (χ0) is 18.1. The Balaban J connectivity index is 2.13. The number of aryl methyl sites for hydroxylation is 1. The van der Waals surface area contributed by atoms with Gasteiger partial charge in [-0.05, 0) is 42.8 Å². The summed E-state index contributed by atoms with van der Waals surface area (Å²) in [7, 11) is 0. The molecule has 1 aromatic heterocycles. The molecule has 0 saturated carbocycles. The number of aromatic hydroxyl groups is 2. The fraction of sp³-hybridized carbons (Fsp3) is 0.0588. The van der Waals surface area contributed by atoms with Gasteiger partial charge >= 0.3 is 11.6 Å². The van der Waals surface area contributed by atoms with E-state index in [9.17, 15) is 19.8 Å². The number of rotatable bonds is 3. The first-order chi connectivity index (χ1) is 11.9. The predicted octanol–water partition coefficient (Wildman–Crippen LogP) is 3.63. The fourth-order valence-electron chi connectivity index (χ4n) is 2.32. The maximum Gasteiger partial charge on any atom is 0.339 e. The van der Waals surface area contributed by atoms with Crippen molar-refractivity contribution in [3.05, 3.63) is 57.9 Å². The molecular formula is C17H12N2O6. The van der Waals surface area contributed by atoms with Gasteiger partial charge in [0.05, 0.1) is 5.69 Å². The van der Waals surface area contributed by atoms with E-state index < -0.39 is 17.3 Å². The summed E-state index contributed by atoms with van der Waals surface area (Å²) < 4.78 is 5.12. The van der Waals surface area contributed by atoms with Crippen LogP contribution in [-0.4, -0.2) is 21.3 Å². The van der Waals surface area contributed by atoms with Crippen LogP contribution in [0.4, 0.5) is 11.4 Å². The molecule has 3 N–H and O–H groups in total. The first-order valence-electron chi connectivity index (χ1n) is 7.11. The van der Waals surface area contributed by atoms with Crippen LogP contribution in [-0.2, 0) is 0 Å². The van der Waals surface area contributed by atoms with Crippen molar-refractivity contribution in [2.45, 2.75) is 6.92 Å². The molecule has 0 spiro atoms.